The lowest BCUT2D eigenvalue weighted by atomic mass is 9.91. The lowest BCUT2D eigenvalue weighted by Crippen LogP contribution is -2.51. The number of urea groups is 1. The van der Waals surface area contributed by atoms with Crippen molar-refractivity contribution in [3.8, 4) is 0 Å². The Kier molecular flexibility index (Phi) is 4.45. The monoisotopic (exact) mass is 394 g/mol. The van der Waals surface area contributed by atoms with Crippen molar-refractivity contribution in [2.75, 3.05) is 19.4 Å². The van der Waals surface area contributed by atoms with E-state index in [0.717, 1.165) is 21.7 Å². The Balaban J connectivity index is 1.91. The van der Waals surface area contributed by atoms with E-state index in [-0.39, 0.29) is 17.3 Å². The third-order valence-corrected chi connectivity index (χ3v) is 5.26. The van der Waals surface area contributed by atoms with Crippen molar-refractivity contribution in [1.29, 1.82) is 0 Å². The fraction of sp³-hybridized carbons (Fsp3) is 0.227. The average molecular weight is 394 g/mol. The summed E-state index contributed by atoms with van der Waals surface area (Å²) in [6, 6.07) is 11.6. The highest BCUT2D eigenvalue weighted by Gasteiger charge is 2.54. The van der Waals surface area contributed by atoms with Gasteiger partial charge in [-0.1, -0.05) is 35.9 Å². The van der Waals surface area contributed by atoms with E-state index in [0.29, 0.717) is 5.57 Å². The number of anilines is 1. The molecule has 0 saturated heterocycles. The number of carbonyl (C=O) groups is 2. The molecule has 1 atom stereocenters. The van der Waals surface area contributed by atoms with Gasteiger partial charge >= 0.3 is 11.9 Å². The quantitative estimate of drug-likeness (QED) is 0.810. The summed E-state index contributed by atoms with van der Waals surface area (Å²) in [5.41, 5.74) is 3.47. The number of halogens is 1. The molecule has 2 heterocycles. The maximum atomic E-state index is 14.7. The Morgan fingerprint density at radius 3 is 2.55 bits per heavy atom. The SMILES string of the molecule is Cc1ccc(NC2=C(c3ccccc3F)C3C(=O)N(C)C(=O)[N+](C)=C3O2)c(C)c1. The minimum Gasteiger partial charge on any atom is -0.408 e. The highest BCUT2D eigenvalue weighted by molar-refractivity contribution is 6.18. The second kappa shape index (κ2) is 6.84. The summed E-state index contributed by atoms with van der Waals surface area (Å²) in [5, 5.41) is 3.20. The van der Waals surface area contributed by atoms with Gasteiger partial charge in [-0.05, 0) is 31.5 Å². The van der Waals surface area contributed by atoms with E-state index in [9.17, 15) is 14.0 Å². The van der Waals surface area contributed by atoms with Crippen molar-refractivity contribution in [1.82, 2.24) is 4.90 Å². The molecule has 2 aliphatic rings. The third-order valence-electron chi connectivity index (χ3n) is 5.26. The molecule has 2 aliphatic heterocycles. The first-order valence-electron chi connectivity index (χ1n) is 9.23. The van der Waals surface area contributed by atoms with E-state index < -0.39 is 23.7 Å². The lowest BCUT2D eigenvalue weighted by molar-refractivity contribution is -0.415. The summed E-state index contributed by atoms with van der Waals surface area (Å²) in [6.45, 7) is 3.94. The van der Waals surface area contributed by atoms with Gasteiger partial charge in [-0.15, -0.1) is 0 Å². The van der Waals surface area contributed by atoms with Crippen molar-refractivity contribution in [3.05, 3.63) is 70.9 Å². The van der Waals surface area contributed by atoms with Crippen molar-refractivity contribution in [2.24, 2.45) is 5.92 Å². The van der Waals surface area contributed by atoms with E-state index in [2.05, 4.69) is 5.32 Å². The number of fused-ring (bicyclic) bond motifs is 1. The Bertz CT molecular complexity index is 1120. The van der Waals surface area contributed by atoms with Gasteiger partial charge < -0.3 is 10.1 Å². The summed E-state index contributed by atoms with van der Waals surface area (Å²) in [5.74, 6) is -1.43. The fourth-order valence-corrected chi connectivity index (χ4v) is 3.70. The van der Waals surface area contributed by atoms with Crippen molar-refractivity contribution in [3.63, 3.8) is 0 Å². The molecule has 1 N–H and O–H groups in total. The van der Waals surface area contributed by atoms with Gasteiger partial charge in [0.1, 0.15) is 5.82 Å². The summed E-state index contributed by atoms with van der Waals surface area (Å²) in [7, 11) is 2.94. The molecular weight excluding hydrogens is 373 g/mol. The smallest absolute Gasteiger partial charge is 0.408 e. The van der Waals surface area contributed by atoms with Gasteiger partial charge in [0.2, 0.25) is 5.88 Å². The number of nitrogens with one attached hydrogen (secondary N) is 1. The highest BCUT2D eigenvalue weighted by atomic mass is 19.1. The van der Waals surface area contributed by atoms with Crippen LogP contribution < -0.4 is 5.32 Å². The molecule has 0 saturated carbocycles. The van der Waals surface area contributed by atoms with Crippen LogP contribution in [0.5, 0.6) is 0 Å². The first-order chi connectivity index (χ1) is 13.8. The van der Waals surface area contributed by atoms with Gasteiger partial charge in [0.05, 0.1) is 14.1 Å². The molecule has 148 valence electrons. The number of aryl methyl sites for hydroxylation is 2. The van der Waals surface area contributed by atoms with Gasteiger partial charge in [0, 0.05) is 16.8 Å². The van der Waals surface area contributed by atoms with Gasteiger partial charge in [0.15, 0.2) is 5.92 Å². The predicted octanol–water partition coefficient (Wildman–Crippen LogP) is 3.50. The molecule has 1 unspecified atom stereocenters. The van der Waals surface area contributed by atoms with E-state index in [1.807, 2.05) is 32.0 Å². The van der Waals surface area contributed by atoms with Crippen LogP contribution in [0.1, 0.15) is 16.7 Å². The number of imide groups is 1. The number of hydrogen-bond acceptors (Lipinski definition) is 4. The minimum absolute atomic E-state index is 0.170. The Morgan fingerprint density at radius 1 is 1.14 bits per heavy atom. The van der Waals surface area contributed by atoms with Gasteiger partial charge in [-0.2, -0.15) is 14.3 Å². The summed E-state index contributed by atoms with van der Waals surface area (Å²) >= 11 is 0. The highest BCUT2D eigenvalue weighted by Crippen LogP contribution is 2.40. The van der Waals surface area contributed by atoms with Crippen LogP contribution in [0.4, 0.5) is 14.9 Å². The molecule has 7 heteroatoms. The molecule has 4 rings (SSSR count). The first kappa shape index (κ1) is 18.9. The molecule has 2 aromatic carbocycles. The Hall–Kier alpha value is -3.48. The number of rotatable bonds is 3. The molecular formula is C22H21FN3O3+. The number of amides is 3. The molecule has 2 aromatic rings. The zero-order valence-corrected chi connectivity index (χ0v) is 16.6. The van der Waals surface area contributed by atoms with Crippen LogP contribution >= 0.6 is 0 Å². The standard InChI is InChI=1S/C22H21FN3O3/c1-12-9-10-16(13(2)11-12)24-19-17(14-7-5-6-8-15(14)23)18-20(27)25(3)22(28)26(4)21(18)29-19/h5-11,18,24H,1-4H3/q+1. The van der Waals surface area contributed by atoms with Gasteiger partial charge in [-0.3, -0.25) is 0 Å². The molecule has 3 amide bonds. The van der Waals surface area contributed by atoms with Crippen LogP contribution in [0.3, 0.4) is 0 Å². The molecule has 0 aromatic heterocycles. The Labute approximate surface area is 167 Å². The molecule has 0 fully saturated rings. The van der Waals surface area contributed by atoms with E-state index >= 15 is 0 Å². The van der Waals surface area contributed by atoms with Crippen LogP contribution in [0.2, 0.25) is 0 Å². The average Bonchev–Trinajstić information content (AvgIpc) is 3.06. The number of ether oxygens (including phenoxy) is 1. The first-order valence-corrected chi connectivity index (χ1v) is 9.23. The van der Waals surface area contributed by atoms with Crippen LogP contribution in [0.15, 0.2) is 48.3 Å². The molecule has 0 radical (unpaired) electrons. The molecule has 6 nitrogen and oxygen atoms in total. The molecule has 0 spiro atoms. The second-order valence-electron chi connectivity index (χ2n) is 7.28. The second-order valence-corrected chi connectivity index (χ2v) is 7.28. The largest absolute Gasteiger partial charge is 0.502 e. The van der Waals surface area contributed by atoms with Crippen molar-refractivity contribution >= 4 is 29.1 Å². The fourth-order valence-electron chi connectivity index (χ4n) is 3.70. The van der Waals surface area contributed by atoms with Crippen LogP contribution in [0, 0.1) is 25.6 Å². The zero-order valence-electron chi connectivity index (χ0n) is 16.6. The van der Waals surface area contributed by atoms with E-state index in [1.165, 1.54) is 24.7 Å². The summed E-state index contributed by atoms with van der Waals surface area (Å²) in [4.78, 5) is 26.3. The van der Waals surface area contributed by atoms with E-state index in [4.69, 9.17) is 4.74 Å². The minimum atomic E-state index is -0.909. The number of nitrogens with zero attached hydrogens (tertiary/aromatic N) is 2. The third kappa shape index (κ3) is 2.99. The molecule has 0 bridgehead atoms. The van der Waals surface area contributed by atoms with Crippen LogP contribution in [-0.4, -0.2) is 41.4 Å². The maximum absolute atomic E-state index is 14.7. The van der Waals surface area contributed by atoms with Crippen LogP contribution in [-0.2, 0) is 9.53 Å². The lowest BCUT2D eigenvalue weighted by Gasteiger charge is -2.20. The summed E-state index contributed by atoms with van der Waals surface area (Å²) < 4.78 is 21.9. The van der Waals surface area contributed by atoms with Gasteiger partial charge in [0.25, 0.3) is 5.90 Å². The van der Waals surface area contributed by atoms with Crippen molar-refractivity contribution in [2.45, 2.75) is 13.8 Å². The zero-order chi connectivity index (χ0) is 20.9. The topological polar surface area (TPSA) is 61.7 Å². The maximum Gasteiger partial charge on any atom is 0.502 e. The van der Waals surface area contributed by atoms with Gasteiger partial charge in [-0.25, -0.2) is 9.18 Å². The normalized spacial score (nSPS) is 18.9. The van der Waals surface area contributed by atoms with Crippen LogP contribution in [0.25, 0.3) is 5.57 Å². The summed E-state index contributed by atoms with van der Waals surface area (Å²) in [6.07, 6.45) is 0. The number of hydrogen-bond donors (Lipinski definition) is 1. The molecule has 0 aliphatic carbocycles. The number of carbonyl (C=O) groups excluding carboxylic acids is 2. The Morgan fingerprint density at radius 2 is 1.86 bits per heavy atom. The van der Waals surface area contributed by atoms with Crippen molar-refractivity contribution < 1.29 is 23.3 Å². The number of benzene rings is 2. The molecule has 29 heavy (non-hydrogen) atoms. The predicted molar refractivity (Wildman–Crippen MR) is 107 cm³/mol. The van der Waals surface area contributed by atoms with E-state index in [1.54, 1.807) is 18.2 Å².